The normalized spacial score (nSPS) is 34.1. The molecule has 2 aliphatic rings. The first-order valence-electron chi connectivity index (χ1n) is 6.79. The van der Waals surface area contributed by atoms with Gasteiger partial charge in [-0.05, 0) is 55.4 Å². The molecule has 2 heteroatoms. The molecule has 0 spiro atoms. The van der Waals surface area contributed by atoms with Crippen LogP contribution in [0.1, 0.15) is 37.8 Å². The number of ether oxygens (including phenoxy) is 1. The maximum Gasteiger partial charge on any atom is 0.146 e. The van der Waals surface area contributed by atoms with E-state index >= 15 is 0 Å². The minimum absolute atomic E-state index is 0.216. The zero-order valence-corrected chi connectivity index (χ0v) is 11.3. The van der Waals surface area contributed by atoms with Gasteiger partial charge in [-0.15, -0.1) is 0 Å². The Morgan fingerprint density at radius 1 is 1.39 bits per heavy atom. The third-order valence-corrected chi connectivity index (χ3v) is 5.05. The molecule has 3 atom stereocenters. The lowest BCUT2D eigenvalue weighted by Gasteiger charge is -2.37. The molecule has 2 aliphatic carbocycles. The van der Waals surface area contributed by atoms with Gasteiger partial charge in [-0.1, -0.05) is 13.0 Å². The Morgan fingerprint density at radius 2 is 2.17 bits per heavy atom. The Morgan fingerprint density at radius 3 is 2.89 bits per heavy atom. The fourth-order valence-electron chi connectivity index (χ4n) is 3.98. The van der Waals surface area contributed by atoms with E-state index < -0.39 is 0 Å². The number of carbonyl (C=O) groups excluding carboxylic acids is 1. The molecule has 3 rings (SSSR count). The number of fused-ring (bicyclic) bond motifs is 3. The molecule has 0 bridgehead atoms. The van der Waals surface area contributed by atoms with Crippen LogP contribution in [-0.4, -0.2) is 12.9 Å². The van der Waals surface area contributed by atoms with Gasteiger partial charge in [0.1, 0.15) is 11.5 Å². The Kier molecular flexibility index (Phi) is 2.51. The first-order valence-corrected chi connectivity index (χ1v) is 6.79. The minimum atomic E-state index is -0.251. The molecule has 96 valence electrons. The predicted molar refractivity (Wildman–Crippen MR) is 70.9 cm³/mol. The number of benzene rings is 1. The summed E-state index contributed by atoms with van der Waals surface area (Å²) in [5, 5.41) is 0. The van der Waals surface area contributed by atoms with Crippen molar-refractivity contribution >= 4 is 5.78 Å². The number of methoxy groups -OCH3 is 1. The number of carbonyl (C=O) groups is 1. The molecule has 0 unspecified atom stereocenters. The predicted octanol–water partition coefficient (Wildman–Crippen LogP) is 3.12. The minimum Gasteiger partial charge on any atom is -0.497 e. The van der Waals surface area contributed by atoms with E-state index in [4.69, 9.17) is 4.74 Å². The van der Waals surface area contributed by atoms with Crippen molar-refractivity contribution < 1.29 is 9.53 Å². The van der Waals surface area contributed by atoms with Gasteiger partial charge in [0.05, 0.1) is 12.5 Å². The number of ketones is 1. The summed E-state index contributed by atoms with van der Waals surface area (Å²) in [7, 11) is 1.69. The van der Waals surface area contributed by atoms with Gasteiger partial charge >= 0.3 is 0 Å². The first-order chi connectivity index (χ1) is 8.57. The van der Waals surface area contributed by atoms with Gasteiger partial charge in [-0.2, -0.15) is 0 Å². The van der Waals surface area contributed by atoms with E-state index in [-0.39, 0.29) is 11.3 Å². The van der Waals surface area contributed by atoms with E-state index in [0.29, 0.717) is 11.7 Å². The summed E-state index contributed by atoms with van der Waals surface area (Å²) in [6.45, 7) is 4.23. The van der Waals surface area contributed by atoms with Crippen molar-refractivity contribution in [2.45, 2.75) is 38.5 Å². The van der Waals surface area contributed by atoms with E-state index in [1.54, 1.807) is 7.11 Å². The van der Waals surface area contributed by atoms with Crippen LogP contribution in [0.4, 0.5) is 0 Å². The van der Waals surface area contributed by atoms with Crippen LogP contribution >= 0.6 is 0 Å². The standard InChI is InChI=1S/C16H20O2/c1-10-8-12-5-4-11-9-13(18-3)6-7-14(11)16(12,2)15(10)17/h6-7,9-10,12H,4-5,8H2,1-3H3/t10-,12+,16-/m0/s1. The molecule has 0 heterocycles. The van der Waals surface area contributed by atoms with Gasteiger partial charge < -0.3 is 4.74 Å². The van der Waals surface area contributed by atoms with E-state index in [2.05, 4.69) is 26.0 Å². The second-order valence-electron chi connectivity index (χ2n) is 5.96. The molecule has 1 fully saturated rings. The highest BCUT2D eigenvalue weighted by molar-refractivity contribution is 5.94. The van der Waals surface area contributed by atoms with Crippen LogP contribution < -0.4 is 4.74 Å². The zero-order chi connectivity index (χ0) is 12.9. The fraction of sp³-hybridized carbons (Fsp3) is 0.562. The van der Waals surface area contributed by atoms with Gasteiger partial charge in [0.15, 0.2) is 0 Å². The molecule has 1 aromatic carbocycles. The van der Waals surface area contributed by atoms with Crippen molar-refractivity contribution in [2.75, 3.05) is 7.11 Å². The summed E-state index contributed by atoms with van der Waals surface area (Å²) in [5.74, 6) is 2.07. The molecule has 0 aromatic heterocycles. The summed E-state index contributed by atoms with van der Waals surface area (Å²) < 4.78 is 5.29. The summed E-state index contributed by atoms with van der Waals surface area (Å²) in [4.78, 5) is 12.5. The first kappa shape index (κ1) is 11.8. The average Bonchev–Trinajstić information content (AvgIpc) is 2.62. The van der Waals surface area contributed by atoms with E-state index in [0.717, 1.165) is 25.0 Å². The van der Waals surface area contributed by atoms with Crippen LogP contribution in [-0.2, 0) is 16.6 Å². The summed E-state index contributed by atoms with van der Waals surface area (Å²) >= 11 is 0. The van der Waals surface area contributed by atoms with Gasteiger partial charge in [-0.25, -0.2) is 0 Å². The Hall–Kier alpha value is -1.31. The maximum absolute atomic E-state index is 12.5. The van der Waals surface area contributed by atoms with Crippen LogP contribution in [0, 0.1) is 11.8 Å². The molecule has 2 nitrogen and oxygen atoms in total. The van der Waals surface area contributed by atoms with Crippen LogP contribution in [0.15, 0.2) is 18.2 Å². The van der Waals surface area contributed by atoms with Crippen molar-refractivity contribution in [1.29, 1.82) is 0 Å². The third kappa shape index (κ3) is 1.38. The molecular weight excluding hydrogens is 224 g/mol. The van der Waals surface area contributed by atoms with Gasteiger partial charge in [0.25, 0.3) is 0 Å². The highest BCUT2D eigenvalue weighted by Crippen LogP contribution is 2.51. The van der Waals surface area contributed by atoms with E-state index in [9.17, 15) is 4.79 Å². The van der Waals surface area contributed by atoms with Crippen LogP contribution in [0.3, 0.4) is 0 Å². The molecule has 18 heavy (non-hydrogen) atoms. The van der Waals surface area contributed by atoms with E-state index in [1.165, 1.54) is 11.1 Å². The number of hydrogen-bond acceptors (Lipinski definition) is 2. The lowest BCUT2D eigenvalue weighted by atomic mass is 9.65. The molecule has 1 aromatic rings. The van der Waals surface area contributed by atoms with Crippen molar-refractivity contribution in [2.24, 2.45) is 11.8 Å². The Labute approximate surface area is 108 Å². The molecule has 1 saturated carbocycles. The molecule has 0 N–H and O–H groups in total. The van der Waals surface area contributed by atoms with Gasteiger partial charge in [0, 0.05) is 5.92 Å². The van der Waals surface area contributed by atoms with Crippen LogP contribution in [0.25, 0.3) is 0 Å². The number of rotatable bonds is 1. The van der Waals surface area contributed by atoms with Crippen LogP contribution in [0.5, 0.6) is 5.75 Å². The lowest BCUT2D eigenvalue weighted by Crippen LogP contribution is -2.38. The van der Waals surface area contributed by atoms with Crippen molar-refractivity contribution in [3.8, 4) is 5.75 Å². The summed E-state index contributed by atoms with van der Waals surface area (Å²) in [5.41, 5.74) is 2.30. The number of aryl methyl sites for hydroxylation is 1. The lowest BCUT2D eigenvalue weighted by molar-refractivity contribution is -0.125. The Balaban J connectivity index is 2.13. The summed E-state index contributed by atoms with van der Waals surface area (Å²) in [6, 6.07) is 6.20. The SMILES string of the molecule is COc1ccc2c(c1)CC[C@@H]1C[C@H](C)C(=O)[C@]21C. The average molecular weight is 244 g/mol. The summed E-state index contributed by atoms with van der Waals surface area (Å²) in [6.07, 6.45) is 3.26. The van der Waals surface area contributed by atoms with Crippen molar-refractivity contribution in [3.05, 3.63) is 29.3 Å². The molecule has 0 radical (unpaired) electrons. The number of hydrogen-bond donors (Lipinski definition) is 0. The van der Waals surface area contributed by atoms with Gasteiger partial charge in [0.2, 0.25) is 0 Å². The quantitative estimate of drug-likeness (QED) is 0.758. The molecule has 0 amide bonds. The van der Waals surface area contributed by atoms with Crippen molar-refractivity contribution in [1.82, 2.24) is 0 Å². The zero-order valence-electron chi connectivity index (χ0n) is 11.3. The molecular formula is C16H20O2. The second kappa shape index (κ2) is 3.84. The number of Topliss-reactive ketones (excluding diaryl/α,β-unsaturated/α-hetero) is 1. The molecule has 0 saturated heterocycles. The smallest absolute Gasteiger partial charge is 0.146 e. The topological polar surface area (TPSA) is 26.3 Å². The third-order valence-electron chi connectivity index (χ3n) is 5.05. The highest BCUT2D eigenvalue weighted by atomic mass is 16.5. The Bertz CT molecular complexity index is 506. The second-order valence-corrected chi connectivity index (χ2v) is 5.96. The monoisotopic (exact) mass is 244 g/mol. The van der Waals surface area contributed by atoms with Crippen molar-refractivity contribution in [3.63, 3.8) is 0 Å². The molecule has 0 aliphatic heterocycles. The van der Waals surface area contributed by atoms with Gasteiger partial charge in [-0.3, -0.25) is 4.79 Å². The van der Waals surface area contributed by atoms with Crippen LogP contribution in [0.2, 0.25) is 0 Å². The highest BCUT2D eigenvalue weighted by Gasteiger charge is 2.52. The fourth-order valence-corrected chi connectivity index (χ4v) is 3.98. The van der Waals surface area contributed by atoms with E-state index in [1.807, 2.05) is 6.07 Å². The largest absolute Gasteiger partial charge is 0.497 e. The maximum atomic E-state index is 12.5.